The molecule has 0 bridgehead atoms. The minimum atomic E-state index is 0.176. The van der Waals surface area contributed by atoms with Crippen molar-refractivity contribution >= 4 is 0 Å². The van der Waals surface area contributed by atoms with Crippen LogP contribution in [0.2, 0.25) is 0 Å². The van der Waals surface area contributed by atoms with E-state index in [0.29, 0.717) is 12.6 Å². The Morgan fingerprint density at radius 1 is 1.47 bits per heavy atom. The average Bonchev–Trinajstić information content (AvgIpc) is 3.06. The van der Waals surface area contributed by atoms with Gasteiger partial charge in [-0.15, -0.1) is 0 Å². The molecule has 1 saturated carbocycles. The van der Waals surface area contributed by atoms with Crippen molar-refractivity contribution in [3.05, 3.63) is 0 Å². The maximum Gasteiger partial charge on any atom is 0.0709 e. The molecule has 1 fully saturated rings. The van der Waals surface area contributed by atoms with Crippen molar-refractivity contribution in [1.82, 2.24) is 4.90 Å². The molecule has 0 aromatic heterocycles. The first-order valence-corrected chi connectivity index (χ1v) is 5.98. The minimum absolute atomic E-state index is 0.176. The molecule has 0 spiro atoms. The minimum Gasteiger partial charge on any atom is -0.395 e. The van der Waals surface area contributed by atoms with Gasteiger partial charge in [0.25, 0.3) is 0 Å². The van der Waals surface area contributed by atoms with Crippen molar-refractivity contribution < 1.29 is 9.84 Å². The van der Waals surface area contributed by atoms with Gasteiger partial charge >= 0.3 is 0 Å². The normalized spacial score (nSPS) is 18.4. The molecule has 0 aromatic rings. The fraction of sp³-hybridized carbons (Fsp3) is 1.00. The lowest BCUT2D eigenvalue weighted by Crippen LogP contribution is -2.34. The summed E-state index contributed by atoms with van der Waals surface area (Å²) in [5.74, 6) is 0. The zero-order chi connectivity index (χ0) is 11.1. The lowest BCUT2D eigenvalue weighted by atomic mass is 10.2. The molecule has 3 N–H and O–H groups in total. The second kappa shape index (κ2) is 7.17. The molecule has 1 unspecified atom stereocenters. The summed E-state index contributed by atoms with van der Waals surface area (Å²) in [7, 11) is 0. The topological polar surface area (TPSA) is 58.7 Å². The van der Waals surface area contributed by atoms with Crippen molar-refractivity contribution in [3.8, 4) is 0 Å². The first-order chi connectivity index (χ1) is 7.31. The quantitative estimate of drug-likeness (QED) is 0.578. The molecule has 0 aromatic carbocycles. The van der Waals surface area contributed by atoms with Gasteiger partial charge in [-0.3, -0.25) is 4.90 Å². The van der Waals surface area contributed by atoms with E-state index in [1.54, 1.807) is 0 Å². The van der Waals surface area contributed by atoms with E-state index in [2.05, 4.69) is 4.90 Å². The van der Waals surface area contributed by atoms with Gasteiger partial charge in [0.15, 0.2) is 0 Å². The summed E-state index contributed by atoms with van der Waals surface area (Å²) in [6.45, 7) is 5.34. The molecule has 0 saturated heterocycles. The van der Waals surface area contributed by atoms with Crippen molar-refractivity contribution in [1.29, 1.82) is 0 Å². The molecule has 1 aliphatic rings. The summed E-state index contributed by atoms with van der Waals surface area (Å²) in [5.41, 5.74) is 5.62. The smallest absolute Gasteiger partial charge is 0.0709 e. The van der Waals surface area contributed by atoms with Gasteiger partial charge < -0.3 is 15.6 Å². The van der Waals surface area contributed by atoms with Crippen LogP contribution in [0.4, 0.5) is 0 Å². The van der Waals surface area contributed by atoms with Crippen LogP contribution >= 0.6 is 0 Å². The Labute approximate surface area is 92.4 Å². The van der Waals surface area contributed by atoms with Gasteiger partial charge in [0, 0.05) is 32.3 Å². The fourth-order valence-electron chi connectivity index (χ4n) is 1.86. The Bertz CT molecular complexity index is 163. The van der Waals surface area contributed by atoms with Crippen LogP contribution in [-0.4, -0.2) is 55.0 Å². The fourth-order valence-corrected chi connectivity index (χ4v) is 1.86. The lowest BCUT2D eigenvalue weighted by molar-refractivity contribution is 0.0517. The highest BCUT2D eigenvalue weighted by molar-refractivity contribution is 4.84. The number of hydrogen-bond acceptors (Lipinski definition) is 4. The van der Waals surface area contributed by atoms with Gasteiger partial charge in [0.1, 0.15) is 0 Å². The second-order valence-electron chi connectivity index (χ2n) is 4.09. The van der Waals surface area contributed by atoms with Crippen molar-refractivity contribution in [2.75, 3.05) is 32.8 Å². The third kappa shape index (κ3) is 4.93. The van der Waals surface area contributed by atoms with Gasteiger partial charge in [0.2, 0.25) is 0 Å². The van der Waals surface area contributed by atoms with E-state index < -0.39 is 0 Å². The third-order valence-electron chi connectivity index (χ3n) is 2.85. The standard InChI is InChI=1S/C11H24N2O2/c1-2-15-11(9-12)5-6-13(7-8-14)10-3-4-10/h10-11,14H,2-9,12H2,1H3. The van der Waals surface area contributed by atoms with Crippen molar-refractivity contribution in [3.63, 3.8) is 0 Å². The molecule has 1 atom stereocenters. The number of nitrogens with zero attached hydrogens (tertiary/aromatic N) is 1. The molecule has 4 nitrogen and oxygen atoms in total. The molecule has 0 radical (unpaired) electrons. The first kappa shape index (κ1) is 12.9. The number of rotatable bonds is 9. The average molecular weight is 216 g/mol. The number of hydrogen-bond donors (Lipinski definition) is 2. The van der Waals surface area contributed by atoms with Gasteiger partial charge in [-0.05, 0) is 26.2 Å². The van der Waals surface area contributed by atoms with E-state index in [-0.39, 0.29) is 12.7 Å². The van der Waals surface area contributed by atoms with E-state index >= 15 is 0 Å². The maximum atomic E-state index is 8.94. The highest BCUT2D eigenvalue weighted by atomic mass is 16.5. The number of nitrogens with two attached hydrogens (primary N) is 1. The zero-order valence-corrected chi connectivity index (χ0v) is 9.69. The Kier molecular flexibility index (Phi) is 6.17. The van der Waals surface area contributed by atoms with E-state index in [1.165, 1.54) is 12.8 Å². The van der Waals surface area contributed by atoms with Crippen LogP contribution in [-0.2, 0) is 4.74 Å². The predicted molar refractivity (Wildman–Crippen MR) is 60.8 cm³/mol. The van der Waals surface area contributed by atoms with E-state index in [0.717, 1.165) is 26.1 Å². The SMILES string of the molecule is CCOC(CN)CCN(CCO)C1CC1. The Morgan fingerprint density at radius 3 is 2.67 bits per heavy atom. The molecule has 1 rings (SSSR count). The van der Waals surface area contributed by atoms with Crippen LogP contribution < -0.4 is 5.73 Å². The first-order valence-electron chi connectivity index (χ1n) is 5.98. The van der Waals surface area contributed by atoms with Gasteiger partial charge in [0.05, 0.1) is 12.7 Å². The van der Waals surface area contributed by atoms with Gasteiger partial charge in [-0.25, -0.2) is 0 Å². The molecule has 0 amide bonds. The Hall–Kier alpha value is -0.160. The summed E-state index contributed by atoms with van der Waals surface area (Å²) < 4.78 is 5.51. The molecular formula is C11H24N2O2. The van der Waals surface area contributed by atoms with E-state index in [1.807, 2.05) is 6.92 Å². The van der Waals surface area contributed by atoms with Gasteiger partial charge in [-0.1, -0.05) is 0 Å². The third-order valence-corrected chi connectivity index (χ3v) is 2.85. The largest absolute Gasteiger partial charge is 0.395 e. The zero-order valence-electron chi connectivity index (χ0n) is 9.69. The van der Waals surface area contributed by atoms with Crippen LogP contribution in [0.25, 0.3) is 0 Å². The monoisotopic (exact) mass is 216 g/mol. The Morgan fingerprint density at radius 2 is 2.20 bits per heavy atom. The van der Waals surface area contributed by atoms with Crippen LogP contribution in [0.3, 0.4) is 0 Å². The van der Waals surface area contributed by atoms with Crippen LogP contribution in [0.5, 0.6) is 0 Å². The maximum absolute atomic E-state index is 8.94. The highest BCUT2D eigenvalue weighted by Gasteiger charge is 2.28. The molecule has 4 heteroatoms. The van der Waals surface area contributed by atoms with Crippen LogP contribution in [0.1, 0.15) is 26.2 Å². The summed E-state index contributed by atoms with van der Waals surface area (Å²) in [6.07, 6.45) is 3.71. The molecule has 15 heavy (non-hydrogen) atoms. The van der Waals surface area contributed by atoms with Crippen molar-refractivity contribution in [2.24, 2.45) is 5.73 Å². The summed E-state index contributed by atoms with van der Waals surface area (Å²) in [4.78, 5) is 2.35. The van der Waals surface area contributed by atoms with Crippen molar-refractivity contribution in [2.45, 2.75) is 38.3 Å². The van der Waals surface area contributed by atoms with Gasteiger partial charge in [-0.2, -0.15) is 0 Å². The summed E-state index contributed by atoms with van der Waals surface area (Å²) in [5, 5.41) is 8.94. The Balaban J connectivity index is 2.18. The molecular weight excluding hydrogens is 192 g/mol. The number of aliphatic hydroxyl groups is 1. The van der Waals surface area contributed by atoms with Crippen LogP contribution in [0, 0.1) is 0 Å². The molecule has 1 aliphatic carbocycles. The second-order valence-corrected chi connectivity index (χ2v) is 4.09. The predicted octanol–water partition coefficient (Wildman–Crippen LogP) is 0.197. The summed E-state index contributed by atoms with van der Waals surface area (Å²) in [6, 6.07) is 0.706. The summed E-state index contributed by atoms with van der Waals surface area (Å²) >= 11 is 0. The van der Waals surface area contributed by atoms with E-state index in [4.69, 9.17) is 15.6 Å². The molecule has 0 heterocycles. The van der Waals surface area contributed by atoms with Crippen LogP contribution in [0.15, 0.2) is 0 Å². The highest BCUT2D eigenvalue weighted by Crippen LogP contribution is 2.26. The lowest BCUT2D eigenvalue weighted by Gasteiger charge is -2.23. The number of aliphatic hydroxyl groups excluding tert-OH is 1. The number of ether oxygens (including phenoxy) is 1. The molecule has 90 valence electrons. The molecule has 0 aliphatic heterocycles. The van der Waals surface area contributed by atoms with E-state index in [9.17, 15) is 0 Å².